The van der Waals surface area contributed by atoms with Crippen LogP contribution in [0, 0.1) is 6.92 Å². The largest absolute Gasteiger partial charge is 0.369 e. The van der Waals surface area contributed by atoms with E-state index in [0.29, 0.717) is 34.3 Å². The molecule has 0 spiro atoms. The average Bonchev–Trinajstić information content (AvgIpc) is 2.98. The molecule has 0 atom stereocenters. The third kappa shape index (κ3) is 5.53. The number of benzene rings is 2. The van der Waals surface area contributed by atoms with Crippen LogP contribution in [0.2, 0.25) is 5.02 Å². The van der Waals surface area contributed by atoms with Gasteiger partial charge in [0, 0.05) is 89.3 Å². The molecule has 0 unspecified atom stereocenters. The van der Waals surface area contributed by atoms with Crippen LogP contribution in [0.3, 0.4) is 0 Å². The molecule has 0 amide bonds. The highest BCUT2D eigenvalue weighted by Crippen LogP contribution is 2.32. The van der Waals surface area contributed by atoms with E-state index in [1.807, 2.05) is 68.6 Å². The Bertz CT molecular complexity index is 1760. The van der Waals surface area contributed by atoms with Crippen molar-refractivity contribution in [1.82, 2.24) is 24.4 Å². The first-order valence-corrected chi connectivity index (χ1v) is 14.2. The highest BCUT2D eigenvalue weighted by molar-refractivity contribution is 6.33. The van der Waals surface area contributed by atoms with E-state index >= 15 is 0 Å². The number of fused-ring (bicyclic) bond motifs is 1. The topological polar surface area (TPSA) is 79.2 Å². The number of nitrogens with one attached hydrogen (secondary N) is 1. The number of piperazine rings is 1. The smallest absolute Gasteiger partial charge is 0.260 e. The Morgan fingerprint density at radius 3 is 2.32 bits per heavy atom. The molecule has 1 fully saturated rings. The standard InChI is InChI=1S/C32H32ClN7O/c1-4-40-30-24(17-28(31(40)41)27-12-7-22(18-29(27)33)23-6-5-21(2)34-19-23)20-35-32(37-30)36-25-8-10-26(11-9-25)39-15-13-38(3)14-16-39/h5-12,17-20H,4,13-16H2,1-3H3,(H,35,36,37). The van der Waals surface area contributed by atoms with Crippen molar-refractivity contribution < 1.29 is 0 Å². The molecule has 8 nitrogen and oxygen atoms in total. The third-order valence-electron chi connectivity index (χ3n) is 7.64. The number of nitrogens with zero attached hydrogens (tertiary/aromatic N) is 6. The van der Waals surface area contributed by atoms with Gasteiger partial charge in [-0.1, -0.05) is 29.8 Å². The van der Waals surface area contributed by atoms with Gasteiger partial charge >= 0.3 is 0 Å². The Hall–Kier alpha value is -4.27. The second kappa shape index (κ2) is 11.3. The van der Waals surface area contributed by atoms with E-state index in [0.717, 1.165) is 54.1 Å². The van der Waals surface area contributed by atoms with Crippen molar-refractivity contribution in [3.8, 4) is 22.3 Å². The fourth-order valence-electron chi connectivity index (χ4n) is 5.21. The van der Waals surface area contributed by atoms with Gasteiger partial charge in [-0.25, -0.2) is 4.98 Å². The van der Waals surface area contributed by atoms with Crippen molar-refractivity contribution in [2.75, 3.05) is 43.4 Å². The van der Waals surface area contributed by atoms with Crippen LogP contribution in [-0.2, 0) is 6.54 Å². The number of anilines is 3. The SMILES string of the molecule is CCn1c(=O)c(-c2ccc(-c3ccc(C)nc3)cc2Cl)cc2cnc(Nc3ccc(N4CCN(C)CC4)cc3)nc21. The first-order valence-electron chi connectivity index (χ1n) is 13.8. The first kappa shape index (κ1) is 26.9. The van der Waals surface area contributed by atoms with Gasteiger partial charge in [0.15, 0.2) is 0 Å². The number of halogens is 1. The summed E-state index contributed by atoms with van der Waals surface area (Å²) in [6.45, 7) is 8.52. The van der Waals surface area contributed by atoms with Gasteiger partial charge in [-0.05, 0) is 68.9 Å². The molecule has 5 aromatic rings. The van der Waals surface area contributed by atoms with Crippen molar-refractivity contribution in [3.05, 3.63) is 94.1 Å². The van der Waals surface area contributed by atoms with Gasteiger partial charge in [0.05, 0.1) is 0 Å². The molecule has 0 radical (unpaired) electrons. The molecule has 9 heteroatoms. The predicted octanol–water partition coefficient (Wildman–Crippen LogP) is 6.00. The van der Waals surface area contributed by atoms with Crippen LogP contribution >= 0.6 is 11.6 Å². The molecular weight excluding hydrogens is 534 g/mol. The molecule has 1 aliphatic rings. The number of hydrogen-bond acceptors (Lipinski definition) is 7. The van der Waals surface area contributed by atoms with E-state index < -0.39 is 0 Å². The lowest BCUT2D eigenvalue weighted by Crippen LogP contribution is -2.44. The number of pyridine rings is 2. The van der Waals surface area contributed by atoms with E-state index in [9.17, 15) is 4.79 Å². The van der Waals surface area contributed by atoms with E-state index in [1.54, 1.807) is 10.8 Å². The highest BCUT2D eigenvalue weighted by Gasteiger charge is 2.17. The molecule has 4 heterocycles. The van der Waals surface area contributed by atoms with E-state index in [2.05, 4.69) is 44.3 Å². The van der Waals surface area contributed by atoms with Crippen LogP contribution in [0.5, 0.6) is 0 Å². The van der Waals surface area contributed by atoms with Gasteiger partial charge in [-0.3, -0.25) is 14.3 Å². The molecular formula is C32H32ClN7O. The fraction of sp³-hybridized carbons (Fsp3) is 0.250. The predicted molar refractivity (Wildman–Crippen MR) is 167 cm³/mol. The Morgan fingerprint density at radius 2 is 1.63 bits per heavy atom. The molecule has 2 aromatic carbocycles. The summed E-state index contributed by atoms with van der Waals surface area (Å²) in [6.07, 6.45) is 3.57. The Labute approximate surface area is 244 Å². The van der Waals surface area contributed by atoms with Crippen LogP contribution < -0.4 is 15.8 Å². The first-order chi connectivity index (χ1) is 19.9. The van der Waals surface area contributed by atoms with Gasteiger partial charge in [-0.15, -0.1) is 0 Å². The molecule has 0 aliphatic carbocycles. The molecule has 0 saturated carbocycles. The molecule has 1 aliphatic heterocycles. The van der Waals surface area contributed by atoms with Crippen molar-refractivity contribution in [2.24, 2.45) is 0 Å². The van der Waals surface area contributed by atoms with Gasteiger partial charge in [-0.2, -0.15) is 4.98 Å². The highest BCUT2D eigenvalue weighted by atomic mass is 35.5. The summed E-state index contributed by atoms with van der Waals surface area (Å²) in [5.74, 6) is 0.438. The Kier molecular flexibility index (Phi) is 7.43. The number of likely N-dealkylation sites (N-methyl/N-ethyl adjacent to an activating group) is 1. The Morgan fingerprint density at radius 1 is 0.878 bits per heavy atom. The maximum Gasteiger partial charge on any atom is 0.260 e. The zero-order valence-corrected chi connectivity index (χ0v) is 24.2. The molecule has 3 aromatic heterocycles. The molecule has 6 rings (SSSR count). The summed E-state index contributed by atoms with van der Waals surface area (Å²) >= 11 is 6.73. The van der Waals surface area contributed by atoms with Gasteiger partial charge in [0.2, 0.25) is 5.95 Å². The minimum absolute atomic E-state index is 0.146. The number of aromatic nitrogens is 4. The third-order valence-corrected chi connectivity index (χ3v) is 7.95. The number of rotatable bonds is 6. The van der Waals surface area contributed by atoms with Gasteiger partial charge in [0.1, 0.15) is 5.65 Å². The lowest BCUT2D eigenvalue weighted by Gasteiger charge is -2.34. The number of aryl methyl sites for hydroxylation is 2. The minimum atomic E-state index is -0.146. The molecule has 208 valence electrons. The van der Waals surface area contributed by atoms with Gasteiger partial charge < -0.3 is 15.1 Å². The monoisotopic (exact) mass is 565 g/mol. The van der Waals surface area contributed by atoms with Crippen LogP contribution in [0.4, 0.5) is 17.3 Å². The summed E-state index contributed by atoms with van der Waals surface area (Å²) in [5, 5.41) is 4.56. The zero-order valence-electron chi connectivity index (χ0n) is 23.4. The molecule has 41 heavy (non-hydrogen) atoms. The second-order valence-electron chi connectivity index (χ2n) is 10.4. The quantitative estimate of drug-likeness (QED) is 0.270. The van der Waals surface area contributed by atoms with Crippen molar-refractivity contribution in [3.63, 3.8) is 0 Å². The maximum absolute atomic E-state index is 13.6. The maximum atomic E-state index is 13.6. The van der Waals surface area contributed by atoms with Crippen LogP contribution in [0.25, 0.3) is 33.3 Å². The summed E-state index contributed by atoms with van der Waals surface area (Å²) < 4.78 is 1.67. The summed E-state index contributed by atoms with van der Waals surface area (Å²) in [7, 11) is 2.16. The summed E-state index contributed by atoms with van der Waals surface area (Å²) in [5.41, 5.74) is 6.58. The fourth-order valence-corrected chi connectivity index (χ4v) is 5.49. The summed E-state index contributed by atoms with van der Waals surface area (Å²) in [6, 6.07) is 19.8. The lowest BCUT2D eigenvalue weighted by atomic mass is 10.0. The zero-order chi connectivity index (χ0) is 28.5. The lowest BCUT2D eigenvalue weighted by molar-refractivity contribution is 0.313. The van der Waals surface area contributed by atoms with Gasteiger partial charge in [0.25, 0.3) is 5.56 Å². The average molecular weight is 566 g/mol. The van der Waals surface area contributed by atoms with E-state index in [4.69, 9.17) is 16.6 Å². The van der Waals surface area contributed by atoms with Crippen LogP contribution in [-0.4, -0.2) is 57.6 Å². The molecule has 1 saturated heterocycles. The van der Waals surface area contributed by atoms with Crippen molar-refractivity contribution >= 4 is 40.0 Å². The Balaban J connectivity index is 1.28. The van der Waals surface area contributed by atoms with Crippen LogP contribution in [0.15, 0.2) is 77.9 Å². The van der Waals surface area contributed by atoms with E-state index in [1.165, 1.54) is 5.69 Å². The van der Waals surface area contributed by atoms with Crippen LogP contribution in [0.1, 0.15) is 12.6 Å². The van der Waals surface area contributed by atoms with Crippen molar-refractivity contribution in [1.29, 1.82) is 0 Å². The number of hydrogen-bond donors (Lipinski definition) is 1. The minimum Gasteiger partial charge on any atom is -0.369 e. The summed E-state index contributed by atoms with van der Waals surface area (Å²) in [4.78, 5) is 32.0. The van der Waals surface area contributed by atoms with Crippen molar-refractivity contribution in [2.45, 2.75) is 20.4 Å². The van der Waals surface area contributed by atoms with E-state index in [-0.39, 0.29) is 5.56 Å². The normalized spacial score (nSPS) is 14.0. The molecule has 1 N–H and O–H groups in total. The molecule has 0 bridgehead atoms. The second-order valence-corrected chi connectivity index (χ2v) is 10.8.